The minimum absolute atomic E-state index is 0.0447. The summed E-state index contributed by atoms with van der Waals surface area (Å²) in [5, 5.41) is 3.17. The lowest BCUT2D eigenvalue weighted by atomic mass is 9.59. The number of hydrogen-bond acceptors (Lipinski definition) is 2. The summed E-state index contributed by atoms with van der Waals surface area (Å²) in [6, 6.07) is 26.2. The van der Waals surface area contributed by atoms with Crippen molar-refractivity contribution in [2.45, 2.75) is 57.4 Å². The van der Waals surface area contributed by atoms with Gasteiger partial charge in [0.15, 0.2) is 0 Å². The van der Waals surface area contributed by atoms with Crippen LogP contribution in [0.1, 0.15) is 60.2 Å². The van der Waals surface area contributed by atoms with Crippen molar-refractivity contribution < 1.29 is 4.79 Å². The van der Waals surface area contributed by atoms with Gasteiger partial charge in [-0.05, 0) is 95.8 Å². The lowest BCUT2D eigenvalue weighted by molar-refractivity contribution is 0.0284. The molecule has 0 spiro atoms. The number of hydrogen-bond donors (Lipinski definition) is 1. The molecule has 2 bridgehead atoms. The molecular formula is C33H38N2O. The van der Waals surface area contributed by atoms with Gasteiger partial charge in [0.05, 0.1) is 0 Å². The first-order valence-corrected chi connectivity index (χ1v) is 13.8. The Morgan fingerprint density at radius 3 is 2.50 bits per heavy atom. The lowest BCUT2D eigenvalue weighted by Crippen LogP contribution is -2.58. The Balaban J connectivity index is 1.10. The number of likely N-dealkylation sites (tertiary alicyclic amines) is 1. The third-order valence-corrected chi connectivity index (χ3v) is 9.34. The van der Waals surface area contributed by atoms with Gasteiger partial charge in [0, 0.05) is 24.7 Å². The summed E-state index contributed by atoms with van der Waals surface area (Å²) in [6.07, 6.45) is 5.99. The van der Waals surface area contributed by atoms with E-state index >= 15 is 0 Å². The van der Waals surface area contributed by atoms with Gasteiger partial charge in [-0.1, -0.05) is 74.5 Å². The predicted molar refractivity (Wildman–Crippen MR) is 147 cm³/mol. The molecule has 1 aliphatic heterocycles. The molecule has 1 amide bonds. The summed E-state index contributed by atoms with van der Waals surface area (Å²) in [6.45, 7) is 8.02. The van der Waals surface area contributed by atoms with Gasteiger partial charge >= 0.3 is 0 Å². The molecule has 0 unspecified atom stereocenters. The molecule has 186 valence electrons. The van der Waals surface area contributed by atoms with E-state index in [1.165, 1.54) is 60.2 Å². The molecule has 2 aliphatic carbocycles. The van der Waals surface area contributed by atoms with Gasteiger partial charge in [-0.15, -0.1) is 0 Å². The molecule has 1 heterocycles. The lowest BCUT2D eigenvalue weighted by Gasteiger charge is -2.55. The average molecular weight is 479 g/mol. The molecule has 3 atom stereocenters. The number of nitrogens with zero attached hydrogens (tertiary/aromatic N) is 1. The van der Waals surface area contributed by atoms with Crippen LogP contribution in [0.15, 0.2) is 72.8 Å². The standard InChI is InChI=1S/C33H38N2O/c1-23-31-21-28-14-15-29(20-30(28)33(23,2)17-19-35(31)22-25-8-9-25)32(36)34-18-16-24-10-12-27(13-11-24)26-6-4-3-5-7-26/h3-7,10-15,20,23,25,31H,8-9,16-19,21-22H2,1-2H3,(H,34,36)/t23-,31+,33+/m0/s1. The first-order chi connectivity index (χ1) is 17.5. The van der Waals surface area contributed by atoms with Crippen molar-refractivity contribution in [3.05, 3.63) is 95.1 Å². The Bertz CT molecular complexity index is 1230. The Morgan fingerprint density at radius 2 is 1.75 bits per heavy atom. The van der Waals surface area contributed by atoms with E-state index in [4.69, 9.17) is 0 Å². The van der Waals surface area contributed by atoms with Crippen LogP contribution in [-0.4, -0.2) is 36.5 Å². The molecule has 1 saturated heterocycles. The second-order valence-electron chi connectivity index (χ2n) is 11.6. The van der Waals surface area contributed by atoms with Crippen LogP contribution in [0, 0.1) is 11.8 Å². The summed E-state index contributed by atoms with van der Waals surface area (Å²) in [4.78, 5) is 15.9. The molecule has 3 heteroatoms. The molecule has 3 nitrogen and oxygen atoms in total. The van der Waals surface area contributed by atoms with E-state index in [9.17, 15) is 4.79 Å². The van der Waals surface area contributed by atoms with Gasteiger partial charge in [-0.3, -0.25) is 9.69 Å². The number of nitrogens with one attached hydrogen (secondary N) is 1. The SMILES string of the molecule is C[C@H]1[C@H]2Cc3ccc(C(=O)NCCc4ccc(-c5ccccc5)cc4)cc3[C@]1(C)CCN2CC1CC1. The molecule has 36 heavy (non-hydrogen) atoms. The van der Waals surface area contributed by atoms with Crippen LogP contribution >= 0.6 is 0 Å². The van der Waals surface area contributed by atoms with Crippen LogP contribution < -0.4 is 5.32 Å². The fourth-order valence-electron chi connectivity index (χ4n) is 6.62. The maximum absolute atomic E-state index is 13.1. The van der Waals surface area contributed by atoms with E-state index in [1.807, 2.05) is 12.1 Å². The zero-order valence-electron chi connectivity index (χ0n) is 21.7. The third-order valence-electron chi connectivity index (χ3n) is 9.34. The maximum Gasteiger partial charge on any atom is 0.251 e. The number of fused-ring (bicyclic) bond motifs is 4. The Labute approximate surface area is 215 Å². The molecule has 0 radical (unpaired) electrons. The van der Waals surface area contributed by atoms with Crippen LogP contribution in [-0.2, 0) is 18.3 Å². The van der Waals surface area contributed by atoms with E-state index < -0.39 is 0 Å². The Hall–Kier alpha value is -2.91. The van der Waals surface area contributed by atoms with Crippen LogP contribution in [0.25, 0.3) is 11.1 Å². The van der Waals surface area contributed by atoms with E-state index in [-0.39, 0.29) is 11.3 Å². The Kier molecular flexibility index (Phi) is 6.21. The van der Waals surface area contributed by atoms with Crippen molar-refractivity contribution in [3.8, 4) is 11.1 Å². The van der Waals surface area contributed by atoms with Crippen LogP contribution in [0.2, 0.25) is 0 Å². The average Bonchev–Trinajstić information content (AvgIpc) is 3.73. The second-order valence-corrected chi connectivity index (χ2v) is 11.6. The van der Waals surface area contributed by atoms with Crippen molar-refractivity contribution in [1.29, 1.82) is 0 Å². The van der Waals surface area contributed by atoms with Gasteiger partial charge in [-0.2, -0.15) is 0 Å². The Morgan fingerprint density at radius 1 is 1.00 bits per heavy atom. The van der Waals surface area contributed by atoms with Gasteiger partial charge < -0.3 is 5.32 Å². The number of carbonyl (C=O) groups excluding carboxylic acids is 1. The number of benzene rings is 3. The van der Waals surface area contributed by atoms with Gasteiger partial charge in [0.1, 0.15) is 0 Å². The molecule has 0 aromatic heterocycles. The number of amides is 1. The van der Waals surface area contributed by atoms with E-state index in [1.54, 1.807) is 0 Å². The van der Waals surface area contributed by atoms with Crippen molar-refractivity contribution in [2.75, 3.05) is 19.6 Å². The van der Waals surface area contributed by atoms with Crippen molar-refractivity contribution in [1.82, 2.24) is 10.2 Å². The van der Waals surface area contributed by atoms with E-state index in [2.05, 4.69) is 84.7 Å². The van der Waals surface area contributed by atoms with Crippen molar-refractivity contribution in [3.63, 3.8) is 0 Å². The highest BCUT2D eigenvalue weighted by Gasteiger charge is 2.49. The van der Waals surface area contributed by atoms with Crippen LogP contribution in [0.5, 0.6) is 0 Å². The van der Waals surface area contributed by atoms with E-state index in [0.29, 0.717) is 18.5 Å². The monoisotopic (exact) mass is 478 g/mol. The van der Waals surface area contributed by atoms with Crippen LogP contribution in [0.4, 0.5) is 0 Å². The zero-order valence-corrected chi connectivity index (χ0v) is 21.7. The summed E-state index contributed by atoms with van der Waals surface area (Å²) in [7, 11) is 0. The highest BCUT2D eigenvalue weighted by atomic mass is 16.1. The van der Waals surface area contributed by atoms with Crippen LogP contribution in [0.3, 0.4) is 0 Å². The predicted octanol–water partition coefficient (Wildman–Crippen LogP) is 6.26. The molecule has 3 aromatic rings. The maximum atomic E-state index is 13.1. The van der Waals surface area contributed by atoms with Crippen molar-refractivity contribution in [2.24, 2.45) is 11.8 Å². The normalized spacial score (nSPS) is 25.3. The summed E-state index contributed by atoms with van der Waals surface area (Å²) >= 11 is 0. The number of rotatable bonds is 7. The number of piperidine rings is 1. The number of carbonyl (C=O) groups is 1. The molecule has 1 N–H and O–H groups in total. The minimum atomic E-state index is 0.0447. The van der Waals surface area contributed by atoms with Gasteiger partial charge in [0.2, 0.25) is 0 Å². The summed E-state index contributed by atoms with van der Waals surface area (Å²) in [5.74, 6) is 1.61. The minimum Gasteiger partial charge on any atom is -0.352 e. The first kappa shape index (κ1) is 23.5. The largest absolute Gasteiger partial charge is 0.352 e. The zero-order chi connectivity index (χ0) is 24.7. The molecule has 1 saturated carbocycles. The van der Waals surface area contributed by atoms with Gasteiger partial charge in [-0.25, -0.2) is 0 Å². The second kappa shape index (κ2) is 9.52. The molecular weight excluding hydrogens is 440 g/mol. The van der Waals surface area contributed by atoms with Crippen molar-refractivity contribution >= 4 is 5.91 Å². The summed E-state index contributed by atoms with van der Waals surface area (Å²) in [5.41, 5.74) is 7.53. The smallest absolute Gasteiger partial charge is 0.251 e. The molecule has 3 aromatic carbocycles. The molecule has 3 aliphatic rings. The topological polar surface area (TPSA) is 32.3 Å². The molecule has 2 fully saturated rings. The quantitative estimate of drug-likeness (QED) is 0.435. The first-order valence-electron chi connectivity index (χ1n) is 13.8. The summed E-state index contributed by atoms with van der Waals surface area (Å²) < 4.78 is 0. The highest BCUT2D eigenvalue weighted by Crippen LogP contribution is 2.49. The highest BCUT2D eigenvalue weighted by molar-refractivity contribution is 5.94. The van der Waals surface area contributed by atoms with Gasteiger partial charge in [0.25, 0.3) is 5.91 Å². The molecule has 6 rings (SSSR count). The fraction of sp³-hybridized carbons (Fsp3) is 0.424. The third kappa shape index (κ3) is 4.50. The van der Waals surface area contributed by atoms with E-state index in [0.717, 1.165) is 24.3 Å². The fourth-order valence-corrected chi connectivity index (χ4v) is 6.62.